The fourth-order valence-corrected chi connectivity index (χ4v) is 3.34. The lowest BCUT2D eigenvalue weighted by Crippen LogP contribution is -2.27. The molecule has 1 aromatic heterocycles. The summed E-state index contributed by atoms with van der Waals surface area (Å²) in [6, 6.07) is 10.3. The van der Waals surface area contributed by atoms with E-state index < -0.39 is 0 Å². The zero-order valence-electron chi connectivity index (χ0n) is 11.7. The van der Waals surface area contributed by atoms with E-state index in [0.717, 1.165) is 16.7 Å². The molecule has 0 aliphatic carbocycles. The van der Waals surface area contributed by atoms with E-state index in [1.54, 1.807) is 42.6 Å². The molecule has 2 aromatic rings. The molecule has 1 fully saturated rings. The van der Waals surface area contributed by atoms with E-state index in [-0.39, 0.29) is 17.7 Å². The van der Waals surface area contributed by atoms with Crippen molar-refractivity contribution < 1.29 is 9.59 Å². The van der Waals surface area contributed by atoms with E-state index in [4.69, 9.17) is 23.2 Å². The Morgan fingerprint density at radius 2 is 2.00 bits per heavy atom. The molecule has 0 N–H and O–H groups in total. The number of amides is 2. The van der Waals surface area contributed by atoms with Crippen LogP contribution in [0.25, 0.3) is 6.08 Å². The van der Waals surface area contributed by atoms with Crippen molar-refractivity contribution in [3.8, 4) is 0 Å². The number of hydrogen-bond acceptors (Lipinski definition) is 4. The van der Waals surface area contributed by atoms with Gasteiger partial charge >= 0.3 is 0 Å². The normalized spacial score (nSPS) is 16.4. The lowest BCUT2D eigenvalue weighted by Gasteiger charge is -2.13. The number of carbonyl (C=O) groups excluding carboxylic acids is 2. The first-order valence-corrected chi connectivity index (χ1v) is 8.22. The van der Waals surface area contributed by atoms with Gasteiger partial charge < -0.3 is 0 Å². The molecule has 0 atom stereocenters. The molecule has 4 nitrogen and oxygen atoms in total. The minimum absolute atomic E-state index is 0.111. The van der Waals surface area contributed by atoms with Crippen molar-refractivity contribution in [1.29, 1.82) is 0 Å². The SMILES string of the molecule is O=C1SC(=Cc2ccccn2)C(=O)N1Cc1ccc(Cl)cc1Cl. The highest BCUT2D eigenvalue weighted by Crippen LogP contribution is 2.34. The Balaban J connectivity index is 1.83. The van der Waals surface area contributed by atoms with Crippen LogP contribution in [-0.4, -0.2) is 21.0 Å². The molecule has 0 spiro atoms. The minimum Gasteiger partial charge on any atom is -0.268 e. The molecule has 2 amide bonds. The predicted molar refractivity (Wildman–Crippen MR) is 92.2 cm³/mol. The summed E-state index contributed by atoms with van der Waals surface area (Å²) in [5, 5.41) is 0.594. The van der Waals surface area contributed by atoms with Crippen LogP contribution in [0.2, 0.25) is 10.0 Å². The Morgan fingerprint density at radius 3 is 2.70 bits per heavy atom. The van der Waals surface area contributed by atoms with Crippen LogP contribution in [-0.2, 0) is 11.3 Å². The molecule has 0 bridgehead atoms. The second-order valence-electron chi connectivity index (χ2n) is 4.76. The highest BCUT2D eigenvalue weighted by molar-refractivity contribution is 8.18. The van der Waals surface area contributed by atoms with Gasteiger partial charge in [0, 0.05) is 16.2 Å². The molecule has 1 aromatic carbocycles. The first kappa shape index (κ1) is 16.1. The topological polar surface area (TPSA) is 50.3 Å². The largest absolute Gasteiger partial charge is 0.293 e. The zero-order valence-corrected chi connectivity index (χ0v) is 14.0. The lowest BCUT2D eigenvalue weighted by molar-refractivity contribution is -0.123. The van der Waals surface area contributed by atoms with E-state index >= 15 is 0 Å². The third kappa shape index (κ3) is 3.58. The van der Waals surface area contributed by atoms with Gasteiger partial charge in [0.2, 0.25) is 0 Å². The number of benzene rings is 1. The number of nitrogens with zero attached hydrogens (tertiary/aromatic N) is 2. The van der Waals surface area contributed by atoms with Crippen LogP contribution in [0.1, 0.15) is 11.3 Å². The molecule has 1 saturated heterocycles. The standard InChI is InChI=1S/C16H10Cl2N2O2S/c17-11-5-4-10(13(18)7-11)9-20-15(21)14(23-16(20)22)8-12-3-1-2-6-19-12/h1-8H,9H2. The van der Waals surface area contributed by atoms with Gasteiger partial charge in [0.15, 0.2) is 0 Å². The highest BCUT2D eigenvalue weighted by Gasteiger charge is 2.35. The Morgan fingerprint density at radius 1 is 1.17 bits per heavy atom. The number of hydrogen-bond donors (Lipinski definition) is 0. The van der Waals surface area contributed by atoms with E-state index in [2.05, 4.69) is 4.98 Å². The first-order chi connectivity index (χ1) is 11.0. The summed E-state index contributed by atoms with van der Waals surface area (Å²) < 4.78 is 0. The number of pyridine rings is 1. The molecule has 1 aliphatic heterocycles. The number of carbonyl (C=O) groups is 2. The number of thioether (sulfide) groups is 1. The van der Waals surface area contributed by atoms with Crippen LogP contribution in [0, 0.1) is 0 Å². The Labute approximate surface area is 147 Å². The van der Waals surface area contributed by atoms with Crippen molar-refractivity contribution in [2.24, 2.45) is 0 Å². The fourth-order valence-electron chi connectivity index (χ4n) is 2.05. The second kappa shape index (κ2) is 6.74. The average Bonchev–Trinajstić information content (AvgIpc) is 2.78. The minimum atomic E-state index is -0.350. The van der Waals surface area contributed by atoms with Gasteiger partial charge in [-0.2, -0.15) is 0 Å². The number of aromatic nitrogens is 1. The van der Waals surface area contributed by atoms with Gasteiger partial charge in [-0.05, 0) is 47.7 Å². The molecule has 23 heavy (non-hydrogen) atoms. The van der Waals surface area contributed by atoms with Gasteiger partial charge in [-0.25, -0.2) is 0 Å². The van der Waals surface area contributed by atoms with E-state index in [0.29, 0.717) is 26.2 Å². The quantitative estimate of drug-likeness (QED) is 0.745. The lowest BCUT2D eigenvalue weighted by atomic mass is 10.2. The van der Waals surface area contributed by atoms with Crippen LogP contribution in [0.15, 0.2) is 47.5 Å². The summed E-state index contributed by atoms with van der Waals surface area (Å²) in [6.07, 6.45) is 3.23. The molecule has 116 valence electrons. The second-order valence-corrected chi connectivity index (χ2v) is 6.60. The number of halogens is 2. The van der Waals surface area contributed by atoms with Gasteiger partial charge in [-0.15, -0.1) is 0 Å². The van der Waals surface area contributed by atoms with Crippen molar-refractivity contribution in [2.75, 3.05) is 0 Å². The van der Waals surface area contributed by atoms with Gasteiger partial charge in [0.25, 0.3) is 11.1 Å². The summed E-state index contributed by atoms with van der Waals surface area (Å²) in [6.45, 7) is 0.111. The van der Waals surface area contributed by atoms with Crippen LogP contribution in [0.4, 0.5) is 4.79 Å². The molecular weight excluding hydrogens is 355 g/mol. The summed E-state index contributed by atoms with van der Waals surface area (Å²) in [7, 11) is 0. The monoisotopic (exact) mass is 364 g/mol. The number of rotatable bonds is 3. The van der Waals surface area contributed by atoms with E-state index in [1.165, 1.54) is 0 Å². The molecular formula is C16H10Cl2N2O2S. The molecule has 0 unspecified atom stereocenters. The van der Waals surface area contributed by atoms with Crippen molar-refractivity contribution in [1.82, 2.24) is 9.88 Å². The summed E-state index contributed by atoms with van der Waals surface area (Å²) in [4.78, 5) is 30.2. The summed E-state index contributed by atoms with van der Waals surface area (Å²) in [5.41, 5.74) is 1.29. The van der Waals surface area contributed by atoms with Crippen LogP contribution in [0.5, 0.6) is 0 Å². The maximum absolute atomic E-state index is 12.4. The maximum atomic E-state index is 12.4. The van der Waals surface area contributed by atoms with Crippen molar-refractivity contribution in [3.63, 3.8) is 0 Å². The fraction of sp³-hybridized carbons (Fsp3) is 0.0625. The molecule has 0 radical (unpaired) electrons. The van der Waals surface area contributed by atoms with E-state index in [1.807, 2.05) is 6.07 Å². The van der Waals surface area contributed by atoms with Crippen LogP contribution in [0.3, 0.4) is 0 Å². The number of imide groups is 1. The van der Waals surface area contributed by atoms with Crippen LogP contribution < -0.4 is 0 Å². The Hall–Kier alpha value is -1.82. The smallest absolute Gasteiger partial charge is 0.268 e. The van der Waals surface area contributed by atoms with Gasteiger partial charge in [-0.1, -0.05) is 35.3 Å². The van der Waals surface area contributed by atoms with Crippen molar-refractivity contribution in [3.05, 3.63) is 68.8 Å². The molecule has 7 heteroatoms. The molecule has 2 heterocycles. The zero-order chi connectivity index (χ0) is 16.4. The van der Waals surface area contributed by atoms with Crippen molar-refractivity contribution >= 4 is 52.2 Å². The maximum Gasteiger partial charge on any atom is 0.293 e. The van der Waals surface area contributed by atoms with Gasteiger partial charge in [0.1, 0.15) is 0 Å². The van der Waals surface area contributed by atoms with E-state index in [9.17, 15) is 9.59 Å². The molecule has 3 rings (SSSR count). The third-order valence-electron chi connectivity index (χ3n) is 3.18. The third-order valence-corrected chi connectivity index (χ3v) is 4.68. The van der Waals surface area contributed by atoms with Gasteiger partial charge in [-0.3, -0.25) is 19.5 Å². The Bertz CT molecular complexity index is 809. The van der Waals surface area contributed by atoms with Crippen LogP contribution >= 0.6 is 35.0 Å². The van der Waals surface area contributed by atoms with Gasteiger partial charge in [0.05, 0.1) is 17.1 Å². The molecule has 1 aliphatic rings. The predicted octanol–water partition coefficient (Wildman–Crippen LogP) is 4.62. The summed E-state index contributed by atoms with van der Waals surface area (Å²) >= 11 is 12.9. The molecule has 0 saturated carbocycles. The Kier molecular flexibility index (Phi) is 4.71. The highest BCUT2D eigenvalue weighted by atomic mass is 35.5. The van der Waals surface area contributed by atoms with Crippen molar-refractivity contribution in [2.45, 2.75) is 6.54 Å². The first-order valence-electron chi connectivity index (χ1n) is 6.65. The summed E-state index contributed by atoms with van der Waals surface area (Å²) in [5.74, 6) is -0.350. The average molecular weight is 365 g/mol.